The van der Waals surface area contributed by atoms with E-state index in [4.69, 9.17) is 0 Å². The number of hydrogen-bond acceptors (Lipinski definition) is 4. The fourth-order valence-corrected chi connectivity index (χ4v) is 2.08. The number of anilines is 2. The fraction of sp³-hybridized carbons (Fsp3) is 0.0769. The summed E-state index contributed by atoms with van der Waals surface area (Å²) in [6.45, 7) is 0. The Kier molecular flexibility index (Phi) is 4.01. The van der Waals surface area contributed by atoms with Crippen LogP contribution >= 0.6 is 11.8 Å². The van der Waals surface area contributed by atoms with Crippen LogP contribution < -0.4 is 5.32 Å². The molecule has 0 radical (unpaired) electrons. The van der Waals surface area contributed by atoms with E-state index in [2.05, 4.69) is 5.32 Å². The van der Waals surface area contributed by atoms with E-state index in [-0.39, 0.29) is 11.4 Å². The zero-order valence-electron chi connectivity index (χ0n) is 10.1. The molecule has 0 bridgehead atoms. The maximum atomic E-state index is 13.0. The van der Waals surface area contributed by atoms with E-state index in [1.54, 1.807) is 17.8 Å². The highest BCUT2D eigenvalue weighted by atomic mass is 32.2. The molecule has 2 aromatic carbocycles. The Bertz CT molecular complexity index is 619. The molecule has 0 fully saturated rings. The van der Waals surface area contributed by atoms with E-state index in [9.17, 15) is 14.5 Å². The molecule has 2 aromatic rings. The standard InChI is InChI=1S/C13H11FN2O2S/c1-19-11-4-2-3-10(8-11)15-12-6-5-9(14)7-13(12)16(17)18/h2-8,15H,1H3. The topological polar surface area (TPSA) is 55.2 Å². The molecule has 98 valence electrons. The van der Waals surface area contributed by atoms with Crippen molar-refractivity contribution in [1.82, 2.24) is 0 Å². The van der Waals surface area contributed by atoms with Crippen LogP contribution in [-0.4, -0.2) is 11.2 Å². The van der Waals surface area contributed by atoms with E-state index in [1.807, 2.05) is 24.5 Å². The summed E-state index contributed by atoms with van der Waals surface area (Å²) in [5, 5.41) is 13.8. The number of nitro benzene ring substituents is 1. The second-order valence-corrected chi connectivity index (χ2v) is 4.66. The van der Waals surface area contributed by atoms with Gasteiger partial charge in [0.05, 0.1) is 11.0 Å². The molecule has 0 amide bonds. The zero-order chi connectivity index (χ0) is 13.8. The number of benzene rings is 2. The molecule has 0 saturated heterocycles. The van der Waals surface area contributed by atoms with Crippen molar-refractivity contribution >= 4 is 28.8 Å². The van der Waals surface area contributed by atoms with Gasteiger partial charge in [0.15, 0.2) is 0 Å². The molecule has 2 rings (SSSR count). The van der Waals surface area contributed by atoms with Gasteiger partial charge in [-0.3, -0.25) is 10.1 Å². The molecule has 0 aromatic heterocycles. The first-order valence-corrected chi connectivity index (χ1v) is 6.67. The molecule has 19 heavy (non-hydrogen) atoms. The number of halogens is 1. The van der Waals surface area contributed by atoms with Crippen molar-refractivity contribution in [3.8, 4) is 0 Å². The molecule has 0 aliphatic rings. The van der Waals surface area contributed by atoms with Gasteiger partial charge in [-0.05, 0) is 36.6 Å². The van der Waals surface area contributed by atoms with Gasteiger partial charge in [-0.2, -0.15) is 0 Å². The van der Waals surface area contributed by atoms with E-state index >= 15 is 0 Å². The summed E-state index contributed by atoms with van der Waals surface area (Å²) < 4.78 is 13.0. The minimum absolute atomic E-state index is 0.268. The smallest absolute Gasteiger partial charge is 0.295 e. The van der Waals surface area contributed by atoms with Crippen molar-refractivity contribution in [1.29, 1.82) is 0 Å². The van der Waals surface area contributed by atoms with Gasteiger partial charge in [-0.25, -0.2) is 4.39 Å². The number of nitrogens with zero attached hydrogens (tertiary/aromatic N) is 1. The molecular formula is C13H11FN2O2S. The molecule has 0 spiro atoms. The van der Waals surface area contributed by atoms with Crippen molar-refractivity contribution < 1.29 is 9.31 Å². The lowest BCUT2D eigenvalue weighted by Gasteiger charge is -2.08. The van der Waals surface area contributed by atoms with Crippen molar-refractivity contribution in [2.45, 2.75) is 4.90 Å². The first kappa shape index (κ1) is 13.4. The first-order valence-electron chi connectivity index (χ1n) is 5.45. The highest BCUT2D eigenvalue weighted by Crippen LogP contribution is 2.29. The summed E-state index contributed by atoms with van der Waals surface area (Å²) in [6.07, 6.45) is 1.94. The van der Waals surface area contributed by atoms with E-state index in [0.717, 1.165) is 16.6 Å². The lowest BCUT2D eigenvalue weighted by molar-refractivity contribution is -0.384. The van der Waals surface area contributed by atoms with E-state index in [1.165, 1.54) is 12.1 Å². The minimum atomic E-state index is -0.630. The summed E-state index contributed by atoms with van der Waals surface area (Å²) in [4.78, 5) is 11.3. The Labute approximate surface area is 113 Å². The first-order chi connectivity index (χ1) is 9.10. The van der Waals surface area contributed by atoms with Crippen LogP contribution in [0, 0.1) is 15.9 Å². The predicted octanol–water partition coefficient (Wildman–Crippen LogP) is 4.20. The molecular weight excluding hydrogens is 267 g/mol. The van der Waals surface area contributed by atoms with Gasteiger partial charge >= 0.3 is 0 Å². The Hall–Kier alpha value is -2.08. The molecule has 0 saturated carbocycles. The largest absolute Gasteiger partial charge is 0.350 e. The van der Waals surface area contributed by atoms with Crippen LogP contribution in [0.3, 0.4) is 0 Å². The van der Waals surface area contributed by atoms with Crippen LogP contribution in [0.1, 0.15) is 0 Å². The highest BCUT2D eigenvalue weighted by molar-refractivity contribution is 7.98. The lowest BCUT2D eigenvalue weighted by atomic mass is 10.2. The van der Waals surface area contributed by atoms with Crippen molar-refractivity contribution in [2.24, 2.45) is 0 Å². The van der Waals surface area contributed by atoms with Gasteiger partial charge in [-0.15, -0.1) is 11.8 Å². The van der Waals surface area contributed by atoms with Crippen LogP contribution in [-0.2, 0) is 0 Å². The van der Waals surface area contributed by atoms with Crippen molar-refractivity contribution in [3.63, 3.8) is 0 Å². The highest BCUT2D eigenvalue weighted by Gasteiger charge is 2.14. The molecule has 4 nitrogen and oxygen atoms in total. The summed E-state index contributed by atoms with van der Waals surface area (Å²) in [6, 6.07) is 10.9. The summed E-state index contributed by atoms with van der Waals surface area (Å²) >= 11 is 1.57. The number of nitro groups is 1. The maximum Gasteiger partial charge on any atom is 0.295 e. The number of hydrogen-bond donors (Lipinski definition) is 1. The van der Waals surface area contributed by atoms with Gasteiger partial charge in [0.1, 0.15) is 11.5 Å². The van der Waals surface area contributed by atoms with Crippen LogP contribution in [0.4, 0.5) is 21.5 Å². The van der Waals surface area contributed by atoms with Gasteiger partial charge in [0.2, 0.25) is 0 Å². The Morgan fingerprint density at radius 1 is 1.26 bits per heavy atom. The number of rotatable bonds is 4. The van der Waals surface area contributed by atoms with Gasteiger partial charge < -0.3 is 5.32 Å². The van der Waals surface area contributed by atoms with E-state index < -0.39 is 10.7 Å². The van der Waals surface area contributed by atoms with Crippen LogP contribution in [0.2, 0.25) is 0 Å². The predicted molar refractivity (Wildman–Crippen MR) is 74.6 cm³/mol. The van der Waals surface area contributed by atoms with E-state index in [0.29, 0.717) is 0 Å². The second kappa shape index (κ2) is 5.71. The van der Waals surface area contributed by atoms with Gasteiger partial charge in [0.25, 0.3) is 5.69 Å². The third-order valence-corrected chi connectivity index (χ3v) is 3.23. The molecule has 0 aliphatic heterocycles. The zero-order valence-corrected chi connectivity index (χ0v) is 10.9. The third kappa shape index (κ3) is 3.23. The third-order valence-electron chi connectivity index (χ3n) is 2.51. The number of nitrogens with one attached hydrogen (secondary N) is 1. The van der Waals surface area contributed by atoms with Crippen LogP contribution in [0.25, 0.3) is 0 Å². The molecule has 0 atom stereocenters. The van der Waals surface area contributed by atoms with Crippen LogP contribution in [0.15, 0.2) is 47.4 Å². The maximum absolute atomic E-state index is 13.0. The number of thioether (sulfide) groups is 1. The van der Waals surface area contributed by atoms with Crippen LogP contribution in [0.5, 0.6) is 0 Å². The monoisotopic (exact) mass is 278 g/mol. The molecule has 6 heteroatoms. The molecule has 0 heterocycles. The molecule has 1 N–H and O–H groups in total. The summed E-state index contributed by atoms with van der Waals surface area (Å²) in [5.74, 6) is -0.630. The Morgan fingerprint density at radius 2 is 2.05 bits per heavy atom. The van der Waals surface area contributed by atoms with Gasteiger partial charge in [-0.1, -0.05) is 6.07 Å². The van der Waals surface area contributed by atoms with Crippen molar-refractivity contribution in [3.05, 3.63) is 58.4 Å². The average molecular weight is 278 g/mol. The fourth-order valence-electron chi connectivity index (χ4n) is 1.62. The summed E-state index contributed by atoms with van der Waals surface area (Å²) in [5.41, 5.74) is 0.709. The average Bonchev–Trinajstić information content (AvgIpc) is 2.41. The summed E-state index contributed by atoms with van der Waals surface area (Å²) in [7, 11) is 0. The molecule has 0 unspecified atom stereocenters. The SMILES string of the molecule is CSc1cccc(Nc2ccc(F)cc2[N+](=O)[O-])c1. The normalized spacial score (nSPS) is 10.2. The quantitative estimate of drug-likeness (QED) is 0.517. The Balaban J connectivity index is 2.34. The second-order valence-electron chi connectivity index (χ2n) is 3.78. The van der Waals surface area contributed by atoms with Gasteiger partial charge in [0, 0.05) is 10.6 Å². The lowest BCUT2D eigenvalue weighted by Crippen LogP contribution is -1.97. The van der Waals surface area contributed by atoms with Crippen molar-refractivity contribution in [2.75, 3.05) is 11.6 Å². The minimum Gasteiger partial charge on any atom is -0.350 e. The molecule has 0 aliphatic carbocycles. The Morgan fingerprint density at radius 3 is 2.74 bits per heavy atom.